The molecular weight excluding hydrogens is 434 g/mol. The number of carbonyl (C=O) groups excluding carboxylic acids is 2. The van der Waals surface area contributed by atoms with Crippen LogP contribution in [-0.2, 0) is 30.8 Å². The van der Waals surface area contributed by atoms with Crippen molar-refractivity contribution < 1.29 is 27.5 Å². The maximum absolute atomic E-state index is 12.9. The van der Waals surface area contributed by atoms with Crippen molar-refractivity contribution in [3.8, 4) is 5.75 Å². The van der Waals surface area contributed by atoms with Crippen LogP contribution in [0.5, 0.6) is 5.75 Å². The van der Waals surface area contributed by atoms with Crippen LogP contribution in [0.3, 0.4) is 0 Å². The van der Waals surface area contributed by atoms with Gasteiger partial charge in [-0.1, -0.05) is 36.4 Å². The molecule has 10 heteroatoms. The fourth-order valence-corrected chi connectivity index (χ4v) is 4.98. The minimum absolute atomic E-state index is 0.134. The first-order valence-corrected chi connectivity index (χ1v) is 11.7. The Kier molecular flexibility index (Phi) is 8.20. The molecule has 1 fully saturated rings. The Labute approximate surface area is 187 Å². The molecule has 0 bridgehead atoms. The zero-order valence-corrected chi connectivity index (χ0v) is 18.6. The predicted octanol–water partition coefficient (Wildman–Crippen LogP) is 0.907. The van der Waals surface area contributed by atoms with Crippen molar-refractivity contribution in [1.29, 1.82) is 0 Å². The monoisotopic (exact) mass is 461 g/mol. The van der Waals surface area contributed by atoms with Gasteiger partial charge in [-0.15, -0.1) is 0 Å². The number of sulfonamides is 1. The molecule has 2 aromatic carbocycles. The number of methoxy groups -OCH3 is 1. The third-order valence-corrected chi connectivity index (χ3v) is 6.92. The SMILES string of the molecule is COc1ccccc1CCNC(=O)C(=O)NC[C@H]1OCCCN1S(=O)(=O)c1ccccc1. The van der Waals surface area contributed by atoms with E-state index >= 15 is 0 Å². The van der Waals surface area contributed by atoms with Crippen molar-refractivity contribution in [2.24, 2.45) is 0 Å². The van der Waals surface area contributed by atoms with Crippen LogP contribution in [0.25, 0.3) is 0 Å². The van der Waals surface area contributed by atoms with Gasteiger partial charge in [0.1, 0.15) is 12.0 Å². The molecule has 0 aliphatic carbocycles. The Bertz CT molecular complexity index is 1030. The molecular formula is C22H27N3O6S. The van der Waals surface area contributed by atoms with Crippen LogP contribution >= 0.6 is 0 Å². The number of carbonyl (C=O) groups is 2. The summed E-state index contributed by atoms with van der Waals surface area (Å²) in [5, 5.41) is 5.03. The summed E-state index contributed by atoms with van der Waals surface area (Å²) < 4.78 is 38.0. The highest BCUT2D eigenvalue weighted by Gasteiger charge is 2.34. The first kappa shape index (κ1) is 23.7. The maximum Gasteiger partial charge on any atom is 0.309 e. The van der Waals surface area contributed by atoms with E-state index in [0.29, 0.717) is 25.2 Å². The number of benzene rings is 2. The van der Waals surface area contributed by atoms with E-state index in [1.54, 1.807) is 25.3 Å². The number of nitrogens with zero attached hydrogens (tertiary/aromatic N) is 1. The average molecular weight is 462 g/mol. The van der Waals surface area contributed by atoms with Gasteiger partial charge in [0.2, 0.25) is 10.0 Å². The molecule has 0 saturated carbocycles. The number of hydrogen-bond donors (Lipinski definition) is 2. The van der Waals surface area contributed by atoms with Gasteiger partial charge in [-0.25, -0.2) is 8.42 Å². The minimum Gasteiger partial charge on any atom is -0.496 e. The van der Waals surface area contributed by atoms with Gasteiger partial charge in [0.15, 0.2) is 0 Å². The van der Waals surface area contributed by atoms with E-state index in [9.17, 15) is 18.0 Å². The summed E-state index contributed by atoms with van der Waals surface area (Å²) in [6.45, 7) is 0.751. The van der Waals surface area contributed by atoms with E-state index in [1.807, 2.05) is 24.3 Å². The van der Waals surface area contributed by atoms with Gasteiger partial charge >= 0.3 is 11.8 Å². The first-order chi connectivity index (χ1) is 15.4. The standard InChI is InChI=1S/C22H27N3O6S/c1-30-19-11-6-5-8-17(19)12-13-23-21(26)22(27)24-16-20-25(14-7-15-31-20)32(28,29)18-9-3-2-4-10-18/h2-6,8-11,20H,7,12-16H2,1H3,(H,23,26)(H,24,27)/t20-/m1/s1. The molecule has 172 valence electrons. The summed E-state index contributed by atoms with van der Waals surface area (Å²) in [5.41, 5.74) is 0.910. The van der Waals surface area contributed by atoms with Gasteiger partial charge in [-0.3, -0.25) is 9.59 Å². The smallest absolute Gasteiger partial charge is 0.309 e. The number of amides is 2. The average Bonchev–Trinajstić information content (AvgIpc) is 2.83. The van der Waals surface area contributed by atoms with Gasteiger partial charge in [0, 0.05) is 13.1 Å². The number of ether oxygens (including phenoxy) is 2. The van der Waals surface area contributed by atoms with Gasteiger partial charge in [-0.2, -0.15) is 4.31 Å². The zero-order chi connectivity index (χ0) is 23.0. The van der Waals surface area contributed by atoms with Crippen LogP contribution in [0, 0.1) is 0 Å². The second-order valence-electron chi connectivity index (χ2n) is 7.14. The van der Waals surface area contributed by atoms with Crippen molar-refractivity contribution in [2.45, 2.75) is 24.0 Å². The number of rotatable bonds is 8. The van der Waals surface area contributed by atoms with Gasteiger partial charge in [0.25, 0.3) is 0 Å². The first-order valence-electron chi connectivity index (χ1n) is 10.3. The molecule has 0 spiro atoms. The molecule has 9 nitrogen and oxygen atoms in total. The van der Waals surface area contributed by atoms with Crippen molar-refractivity contribution in [3.63, 3.8) is 0 Å². The molecule has 0 radical (unpaired) electrons. The summed E-state index contributed by atoms with van der Waals surface area (Å²) in [6.07, 6.45) is 0.150. The second kappa shape index (κ2) is 11.1. The van der Waals surface area contributed by atoms with Crippen molar-refractivity contribution >= 4 is 21.8 Å². The summed E-state index contributed by atoms with van der Waals surface area (Å²) in [6, 6.07) is 15.5. The largest absolute Gasteiger partial charge is 0.496 e. The second-order valence-corrected chi connectivity index (χ2v) is 9.03. The van der Waals surface area contributed by atoms with Crippen LogP contribution in [0.2, 0.25) is 0 Å². The highest BCUT2D eigenvalue weighted by atomic mass is 32.2. The molecule has 2 aromatic rings. The molecule has 32 heavy (non-hydrogen) atoms. The molecule has 1 saturated heterocycles. The summed E-state index contributed by atoms with van der Waals surface area (Å²) in [4.78, 5) is 24.5. The molecule has 3 rings (SSSR count). The zero-order valence-electron chi connectivity index (χ0n) is 17.8. The molecule has 1 aliphatic rings. The van der Waals surface area contributed by atoms with E-state index in [2.05, 4.69) is 10.6 Å². The molecule has 1 aliphatic heterocycles. The number of para-hydroxylation sites is 1. The van der Waals surface area contributed by atoms with E-state index in [0.717, 1.165) is 5.56 Å². The van der Waals surface area contributed by atoms with Crippen LogP contribution in [0.15, 0.2) is 59.5 Å². The Hall–Kier alpha value is -2.95. The molecule has 0 aromatic heterocycles. The van der Waals surface area contributed by atoms with Crippen LogP contribution < -0.4 is 15.4 Å². The lowest BCUT2D eigenvalue weighted by Crippen LogP contribution is -2.53. The molecule has 1 heterocycles. The normalized spacial score (nSPS) is 16.8. The summed E-state index contributed by atoms with van der Waals surface area (Å²) in [7, 11) is -2.22. The van der Waals surface area contributed by atoms with E-state index in [-0.39, 0.29) is 24.5 Å². The van der Waals surface area contributed by atoms with E-state index < -0.39 is 28.1 Å². The lowest BCUT2D eigenvalue weighted by molar-refractivity contribution is -0.140. The summed E-state index contributed by atoms with van der Waals surface area (Å²) >= 11 is 0. The third kappa shape index (κ3) is 5.84. The fraction of sp³-hybridized carbons (Fsp3) is 0.364. The molecule has 2 N–H and O–H groups in total. The quantitative estimate of drug-likeness (QED) is 0.565. The Balaban J connectivity index is 1.52. The van der Waals surface area contributed by atoms with Crippen LogP contribution in [0.1, 0.15) is 12.0 Å². The van der Waals surface area contributed by atoms with Gasteiger partial charge in [0.05, 0.1) is 25.2 Å². The molecule has 2 amide bonds. The Morgan fingerprint density at radius 2 is 1.75 bits per heavy atom. The highest BCUT2D eigenvalue weighted by Crippen LogP contribution is 2.21. The maximum atomic E-state index is 12.9. The third-order valence-electron chi connectivity index (χ3n) is 5.02. The van der Waals surface area contributed by atoms with Crippen LogP contribution in [0.4, 0.5) is 0 Å². The Morgan fingerprint density at radius 1 is 1.06 bits per heavy atom. The minimum atomic E-state index is -3.79. The van der Waals surface area contributed by atoms with Crippen molar-refractivity contribution in [3.05, 3.63) is 60.2 Å². The van der Waals surface area contributed by atoms with E-state index in [1.165, 1.54) is 16.4 Å². The van der Waals surface area contributed by atoms with Crippen molar-refractivity contribution in [2.75, 3.05) is 33.4 Å². The predicted molar refractivity (Wildman–Crippen MR) is 117 cm³/mol. The van der Waals surface area contributed by atoms with Crippen molar-refractivity contribution in [1.82, 2.24) is 14.9 Å². The van der Waals surface area contributed by atoms with Crippen LogP contribution in [-0.4, -0.2) is 64.1 Å². The Morgan fingerprint density at radius 3 is 2.50 bits per heavy atom. The van der Waals surface area contributed by atoms with Gasteiger partial charge in [-0.05, 0) is 36.6 Å². The fourth-order valence-electron chi connectivity index (χ4n) is 3.39. The summed E-state index contributed by atoms with van der Waals surface area (Å²) in [5.74, 6) is -0.940. The highest BCUT2D eigenvalue weighted by molar-refractivity contribution is 7.89. The van der Waals surface area contributed by atoms with E-state index in [4.69, 9.17) is 9.47 Å². The topological polar surface area (TPSA) is 114 Å². The van der Waals surface area contributed by atoms with Gasteiger partial charge < -0.3 is 20.1 Å². The lowest BCUT2D eigenvalue weighted by atomic mass is 10.1. The number of nitrogens with one attached hydrogen (secondary N) is 2. The molecule has 1 atom stereocenters. The number of hydrogen-bond acceptors (Lipinski definition) is 6. The lowest BCUT2D eigenvalue weighted by Gasteiger charge is -2.34. The molecule has 0 unspecified atom stereocenters.